The first kappa shape index (κ1) is 12.1. The van der Waals surface area contributed by atoms with Crippen LogP contribution in [-0.2, 0) is 6.42 Å². The van der Waals surface area contributed by atoms with Gasteiger partial charge in [-0.25, -0.2) is 9.97 Å². The molecule has 0 bridgehead atoms. The highest BCUT2D eigenvalue weighted by atomic mass is 35.5. The van der Waals surface area contributed by atoms with Crippen LogP contribution in [0.4, 0.5) is 0 Å². The molecule has 2 aromatic heterocycles. The van der Waals surface area contributed by atoms with Gasteiger partial charge in [-0.15, -0.1) is 0 Å². The predicted octanol–water partition coefficient (Wildman–Crippen LogP) is 2.61. The van der Waals surface area contributed by atoms with Crippen molar-refractivity contribution in [1.29, 1.82) is 0 Å². The summed E-state index contributed by atoms with van der Waals surface area (Å²) < 4.78 is 1.90. The standard InChI is InChI=1S/C14H12ClN3O/c15-10-4-1-2-6-12(10)18-13(7-9-19)17-11-5-3-8-16-14(11)18/h1-6,8,19H,7,9H2. The molecule has 0 radical (unpaired) electrons. The van der Waals surface area contributed by atoms with Gasteiger partial charge in [-0.3, -0.25) is 4.57 Å². The number of benzene rings is 1. The number of rotatable bonds is 3. The predicted molar refractivity (Wildman–Crippen MR) is 74.7 cm³/mol. The first-order valence-electron chi connectivity index (χ1n) is 5.99. The largest absolute Gasteiger partial charge is 0.396 e. The summed E-state index contributed by atoms with van der Waals surface area (Å²) in [5, 5.41) is 9.81. The van der Waals surface area contributed by atoms with Crippen molar-refractivity contribution in [3.05, 3.63) is 53.4 Å². The van der Waals surface area contributed by atoms with Crippen LogP contribution >= 0.6 is 11.6 Å². The Labute approximate surface area is 115 Å². The van der Waals surface area contributed by atoms with E-state index in [0.29, 0.717) is 11.4 Å². The van der Waals surface area contributed by atoms with Gasteiger partial charge < -0.3 is 5.11 Å². The van der Waals surface area contributed by atoms with Gasteiger partial charge in [0.15, 0.2) is 5.65 Å². The third kappa shape index (κ3) is 2.09. The van der Waals surface area contributed by atoms with Gasteiger partial charge in [-0.05, 0) is 24.3 Å². The maximum absolute atomic E-state index is 9.18. The molecule has 0 saturated carbocycles. The Kier molecular flexibility index (Phi) is 3.19. The van der Waals surface area contributed by atoms with E-state index in [1.807, 2.05) is 41.0 Å². The zero-order valence-electron chi connectivity index (χ0n) is 10.1. The minimum atomic E-state index is 0.0355. The Morgan fingerprint density at radius 2 is 2.00 bits per heavy atom. The lowest BCUT2D eigenvalue weighted by Gasteiger charge is -2.09. The summed E-state index contributed by atoms with van der Waals surface area (Å²) in [5.41, 5.74) is 2.37. The Hall–Kier alpha value is -1.91. The van der Waals surface area contributed by atoms with Gasteiger partial charge >= 0.3 is 0 Å². The number of para-hydroxylation sites is 1. The van der Waals surface area contributed by atoms with Crippen LogP contribution in [0.3, 0.4) is 0 Å². The van der Waals surface area contributed by atoms with E-state index in [4.69, 9.17) is 11.6 Å². The van der Waals surface area contributed by atoms with Crippen molar-refractivity contribution in [2.75, 3.05) is 6.61 Å². The molecule has 0 saturated heterocycles. The highest BCUT2D eigenvalue weighted by Gasteiger charge is 2.14. The average Bonchev–Trinajstić information content (AvgIpc) is 2.78. The number of nitrogens with zero attached hydrogens (tertiary/aromatic N) is 3. The normalized spacial score (nSPS) is 11.1. The molecular formula is C14H12ClN3O. The van der Waals surface area contributed by atoms with Gasteiger partial charge in [-0.1, -0.05) is 23.7 Å². The number of imidazole rings is 1. The second kappa shape index (κ2) is 4.99. The van der Waals surface area contributed by atoms with Crippen LogP contribution < -0.4 is 0 Å². The van der Waals surface area contributed by atoms with Crippen LogP contribution in [0.25, 0.3) is 16.9 Å². The molecule has 0 atom stereocenters. The number of pyridine rings is 1. The zero-order chi connectivity index (χ0) is 13.2. The van der Waals surface area contributed by atoms with E-state index in [9.17, 15) is 5.11 Å². The molecule has 0 aliphatic rings. The van der Waals surface area contributed by atoms with Crippen molar-refractivity contribution in [2.45, 2.75) is 6.42 Å². The fourth-order valence-corrected chi connectivity index (χ4v) is 2.33. The molecule has 0 amide bonds. The maximum atomic E-state index is 9.18. The second-order valence-corrected chi connectivity index (χ2v) is 4.54. The summed E-state index contributed by atoms with van der Waals surface area (Å²) in [4.78, 5) is 8.86. The summed E-state index contributed by atoms with van der Waals surface area (Å²) >= 11 is 6.25. The Balaban J connectivity index is 2.31. The second-order valence-electron chi connectivity index (χ2n) is 4.13. The first-order valence-corrected chi connectivity index (χ1v) is 6.37. The van der Waals surface area contributed by atoms with Crippen molar-refractivity contribution < 1.29 is 5.11 Å². The Morgan fingerprint density at radius 1 is 1.16 bits per heavy atom. The minimum absolute atomic E-state index is 0.0355. The molecule has 0 aliphatic heterocycles. The Morgan fingerprint density at radius 3 is 2.79 bits per heavy atom. The van der Waals surface area contributed by atoms with Gasteiger partial charge in [0.1, 0.15) is 11.3 Å². The van der Waals surface area contributed by atoms with Crippen LogP contribution in [0.1, 0.15) is 5.82 Å². The molecule has 3 aromatic rings. The van der Waals surface area contributed by atoms with Crippen molar-refractivity contribution in [2.24, 2.45) is 0 Å². The number of aliphatic hydroxyl groups is 1. The summed E-state index contributed by atoms with van der Waals surface area (Å²) in [6.45, 7) is 0.0355. The molecule has 0 spiro atoms. The van der Waals surface area contributed by atoms with E-state index in [2.05, 4.69) is 9.97 Å². The summed E-state index contributed by atoms with van der Waals surface area (Å²) in [6.07, 6.45) is 2.18. The summed E-state index contributed by atoms with van der Waals surface area (Å²) in [6, 6.07) is 11.3. The van der Waals surface area contributed by atoms with Crippen molar-refractivity contribution >= 4 is 22.8 Å². The lowest BCUT2D eigenvalue weighted by Crippen LogP contribution is -2.04. The van der Waals surface area contributed by atoms with Crippen molar-refractivity contribution in [1.82, 2.24) is 14.5 Å². The van der Waals surface area contributed by atoms with Crippen LogP contribution in [0.2, 0.25) is 5.02 Å². The van der Waals surface area contributed by atoms with E-state index < -0.39 is 0 Å². The van der Waals surface area contributed by atoms with Gasteiger partial charge in [0.25, 0.3) is 0 Å². The molecule has 0 unspecified atom stereocenters. The van der Waals surface area contributed by atoms with Crippen LogP contribution in [0, 0.1) is 0 Å². The van der Waals surface area contributed by atoms with Crippen molar-refractivity contribution in [3.8, 4) is 5.69 Å². The van der Waals surface area contributed by atoms with Crippen LogP contribution in [-0.4, -0.2) is 26.2 Å². The maximum Gasteiger partial charge on any atom is 0.164 e. The Bertz CT molecular complexity index is 724. The molecule has 96 valence electrons. The summed E-state index contributed by atoms with van der Waals surface area (Å²) in [7, 11) is 0. The van der Waals surface area contributed by atoms with Gasteiger partial charge in [0.2, 0.25) is 0 Å². The fraction of sp³-hybridized carbons (Fsp3) is 0.143. The number of fused-ring (bicyclic) bond motifs is 1. The number of halogens is 1. The smallest absolute Gasteiger partial charge is 0.164 e. The van der Waals surface area contributed by atoms with Crippen molar-refractivity contribution in [3.63, 3.8) is 0 Å². The first-order chi connectivity index (χ1) is 9.31. The molecule has 3 rings (SSSR count). The van der Waals surface area contributed by atoms with Crippen LogP contribution in [0.5, 0.6) is 0 Å². The number of aliphatic hydroxyl groups excluding tert-OH is 1. The van der Waals surface area contributed by atoms with E-state index in [0.717, 1.165) is 22.7 Å². The molecule has 5 heteroatoms. The monoisotopic (exact) mass is 273 g/mol. The van der Waals surface area contributed by atoms with Gasteiger partial charge in [0.05, 0.1) is 17.3 Å². The van der Waals surface area contributed by atoms with Crippen LogP contribution in [0.15, 0.2) is 42.6 Å². The highest BCUT2D eigenvalue weighted by molar-refractivity contribution is 6.32. The fourth-order valence-electron chi connectivity index (χ4n) is 2.11. The van der Waals surface area contributed by atoms with E-state index in [-0.39, 0.29) is 6.61 Å². The average molecular weight is 274 g/mol. The SMILES string of the molecule is OCCc1nc2cccnc2n1-c1ccccc1Cl. The van der Waals surface area contributed by atoms with E-state index in [1.54, 1.807) is 6.20 Å². The highest BCUT2D eigenvalue weighted by Crippen LogP contribution is 2.25. The number of hydrogen-bond donors (Lipinski definition) is 1. The summed E-state index contributed by atoms with van der Waals surface area (Å²) in [5.74, 6) is 0.754. The molecule has 1 aromatic carbocycles. The number of hydrogen-bond acceptors (Lipinski definition) is 3. The molecular weight excluding hydrogens is 262 g/mol. The van der Waals surface area contributed by atoms with Gasteiger partial charge in [0, 0.05) is 12.6 Å². The number of aromatic nitrogens is 3. The third-order valence-corrected chi connectivity index (χ3v) is 3.23. The minimum Gasteiger partial charge on any atom is -0.396 e. The lowest BCUT2D eigenvalue weighted by molar-refractivity contribution is 0.296. The zero-order valence-corrected chi connectivity index (χ0v) is 10.9. The molecule has 0 aliphatic carbocycles. The molecule has 0 fully saturated rings. The molecule has 2 heterocycles. The third-order valence-electron chi connectivity index (χ3n) is 2.91. The van der Waals surface area contributed by atoms with E-state index in [1.165, 1.54) is 0 Å². The topological polar surface area (TPSA) is 50.9 Å². The van der Waals surface area contributed by atoms with Gasteiger partial charge in [-0.2, -0.15) is 0 Å². The van der Waals surface area contributed by atoms with E-state index >= 15 is 0 Å². The molecule has 4 nitrogen and oxygen atoms in total. The molecule has 1 N–H and O–H groups in total. The quantitative estimate of drug-likeness (QED) is 0.798. The lowest BCUT2D eigenvalue weighted by atomic mass is 10.3. The molecule has 19 heavy (non-hydrogen) atoms.